The minimum Gasteiger partial charge on any atom is -0.282 e. The van der Waals surface area contributed by atoms with Gasteiger partial charge in [-0.05, 0) is 24.3 Å². The zero-order valence-electron chi connectivity index (χ0n) is 7.96. The van der Waals surface area contributed by atoms with Crippen LogP contribution < -0.4 is 5.12 Å². The lowest BCUT2D eigenvalue weighted by molar-refractivity contribution is -0.711. The number of benzene rings is 1. The Hall–Kier alpha value is -2.27. The summed E-state index contributed by atoms with van der Waals surface area (Å²) in [5.74, 6) is 0. The van der Waals surface area contributed by atoms with Crippen molar-refractivity contribution < 1.29 is 23.0 Å². The third-order valence-corrected chi connectivity index (χ3v) is 2.54. The lowest BCUT2D eigenvalue weighted by Crippen LogP contribution is -2.35. The summed E-state index contributed by atoms with van der Waals surface area (Å²) in [6.45, 7) is 0. The molecule has 0 fully saturated rings. The molecule has 0 heterocycles. The van der Waals surface area contributed by atoms with Gasteiger partial charge in [0.1, 0.15) is 0 Å². The Morgan fingerprint density at radius 1 is 1.06 bits per heavy atom. The van der Waals surface area contributed by atoms with Crippen molar-refractivity contribution in [2.24, 2.45) is 0 Å². The van der Waals surface area contributed by atoms with Gasteiger partial charge in [0.2, 0.25) is 10.1 Å². The van der Waals surface area contributed by atoms with E-state index in [2.05, 4.69) is 0 Å². The van der Waals surface area contributed by atoms with Gasteiger partial charge in [-0.2, -0.15) is 8.42 Å². The SMILES string of the molecule is O=[N+]([O-])N(c1ccc(S(=O)(=O)O)cc1)[N+](=O)[O-]. The van der Waals surface area contributed by atoms with Gasteiger partial charge in [0.05, 0.1) is 4.90 Å². The van der Waals surface area contributed by atoms with Crippen molar-refractivity contribution in [1.82, 2.24) is 0 Å². The summed E-state index contributed by atoms with van der Waals surface area (Å²) in [6.07, 6.45) is 0. The highest BCUT2D eigenvalue weighted by atomic mass is 32.2. The van der Waals surface area contributed by atoms with Crippen molar-refractivity contribution in [1.29, 1.82) is 0 Å². The van der Waals surface area contributed by atoms with Crippen LogP contribution >= 0.6 is 0 Å². The van der Waals surface area contributed by atoms with Gasteiger partial charge >= 0.3 is 0 Å². The summed E-state index contributed by atoms with van der Waals surface area (Å²) in [5, 5.41) is 17.8. The summed E-state index contributed by atoms with van der Waals surface area (Å²) in [4.78, 5) is 20.2. The molecule has 0 unspecified atom stereocenters. The average Bonchev–Trinajstić information content (AvgIpc) is 2.15. The van der Waals surface area contributed by atoms with Crippen LogP contribution in [0.25, 0.3) is 0 Å². The fourth-order valence-corrected chi connectivity index (χ4v) is 1.48. The number of nitro groups is 2. The van der Waals surface area contributed by atoms with E-state index in [4.69, 9.17) is 4.55 Å². The van der Waals surface area contributed by atoms with Crippen molar-refractivity contribution in [2.75, 3.05) is 5.12 Å². The molecule has 1 rings (SSSR count). The van der Waals surface area contributed by atoms with Gasteiger partial charge in [-0.15, -0.1) is 0 Å². The molecule has 92 valence electrons. The molecule has 0 aliphatic rings. The zero-order valence-corrected chi connectivity index (χ0v) is 8.77. The summed E-state index contributed by atoms with van der Waals surface area (Å²) in [5.41, 5.74) is -0.451. The van der Waals surface area contributed by atoms with Crippen molar-refractivity contribution in [3.05, 3.63) is 44.5 Å². The zero-order chi connectivity index (χ0) is 13.2. The number of anilines is 1. The molecular weight excluding hydrogens is 258 g/mol. The Morgan fingerprint density at radius 2 is 1.47 bits per heavy atom. The number of hydrazine groups is 2. The average molecular weight is 263 g/mol. The van der Waals surface area contributed by atoms with Gasteiger partial charge < -0.3 is 0 Å². The molecule has 1 aromatic rings. The fourth-order valence-electron chi connectivity index (χ4n) is 1.000. The highest BCUT2D eigenvalue weighted by Gasteiger charge is 2.30. The first kappa shape index (κ1) is 12.8. The monoisotopic (exact) mass is 263 g/mol. The van der Waals surface area contributed by atoms with Crippen LogP contribution in [0.1, 0.15) is 0 Å². The standard InChI is InChI=1S/C6H5N3O7S/c10-8(11)7(9(12)13)5-1-3-6(4-2-5)17(14,15)16/h1-4H,(H,14,15,16). The molecule has 0 spiro atoms. The number of hydrogen-bond donors (Lipinski definition) is 1. The lowest BCUT2D eigenvalue weighted by Gasteiger charge is -2.03. The molecule has 11 heteroatoms. The minimum absolute atomic E-state index is 0.381. The highest BCUT2D eigenvalue weighted by molar-refractivity contribution is 7.85. The Balaban J connectivity index is 3.18. The van der Waals surface area contributed by atoms with Gasteiger partial charge in [0.25, 0.3) is 10.1 Å². The second-order valence-corrected chi connectivity index (χ2v) is 4.16. The molecule has 0 atom stereocenters. The molecule has 1 aromatic carbocycles. The Bertz CT molecular complexity index is 537. The Kier molecular flexibility index (Phi) is 3.24. The quantitative estimate of drug-likeness (QED) is 0.458. The molecule has 17 heavy (non-hydrogen) atoms. The molecule has 0 aromatic heterocycles. The van der Waals surface area contributed by atoms with Crippen molar-refractivity contribution in [3.63, 3.8) is 0 Å². The molecule has 0 amide bonds. The maximum absolute atomic E-state index is 10.7. The van der Waals surface area contributed by atoms with E-state index < -0.39 is 30.8 Å². The fraction of sp³-hybridized carbons (Fsp3) is 0. The summed E-state index contributed by atoms with van der Waals surface area (Å²) < 4.78 is 29.9. The van der Waals surface area contributed by atoms with Crippen molar-refractivity contribution in [3.8, 4) is 0 Å². The predicted molar refractivity (Wildman–Crippen MR) is 52.7 cm³/mol. The molecule has 0 aliphatic carbocycles. The molecule has 0 saturated carbocycles. The van der Waals surface area contributed by atoms with Gasteiger partial charge in [-0.1, -0.05) is 0 Å². The molecule has 0 bridgehead atoms. The molecule has 0 radical (unpaired) electrons. The molecule has 1 N–H and O–H groups in total. The largest absolute Gasteiger partial charge is 0.294 e. The molecule has 10 nitrogen and oxygen atoms in total. The lowest BCUT2D eigenvalue weighted by atomic mass is 10.3. The van der Waals surface area contributed by atoms with Crippen molar-refractivity contribution >= 4 is 15.8 Å². The van der Waals surface area contributed by atoms with E-state index in [1.807, 2.05) is 0 Å². The molecular formula is C6H5N3O7S. The summed E-state index contributed by atoms with van der Waals surface area (Å²) in [7, 11) is -4.44. The van der Waals surface area contributed by atoms with Crippen LogP contribution in [0, 0.1) is 20.2 Å². The van der Waals surface area contributed by atoms with Gasteiger partial charge in [0.15, 0.2) is 10.8 Å². The summed E-state index contributed by atoms with van der Waals surface area (Å²) in [6, 6.07) is 3.28. The minimum atomic E-state index is -4.44. The third kappa shape index (κ3) is 2.85. The van der Waals surface area contributed by atoms with E-state index in [0.717, 1.165) is 24.3 Å². The number of hydrogen-bond acceptors (Lipinski definition) is 6. The van der Waals surface area contributed by atoms with E-state index in [1.165, 1.54) is 0 Å². The van der Waals surface area contributed by atoms with Gasteiger partial charge in [-0.25, -0.2) is 20.2 Å². The van der Waals surface area contributed by atoms with E-state index in [0.29, 0.717) is 0 Å². The third-order valence-electron chi connectivity index (χ3n) is 1.67. The first-order chi connectivity index (χ1) is 7.73. The Labute approximate surface area is 94.1 Å². The van der Waals surface area contributed by atoms with Crippen LogP contribution in [0.4, 0.5) is 5.69 Å². The Morgan fingerprint density at radius 3 is 1.76 bits per heavy atom. The first-order valence-corrected chi connectivity index (χ1v) is 5.34. The maximum atomic E-state index is 10.7. The second-order valence-electron chi connectivity index (χ2n) is 2.73. The van der Waals surface area contributed by atoms with Crippen LogP contribution in [0.5, 0.6) is 0 Å². The normalized spacial score (nSPS) is 10.9. The number of nitrogens with zero attached hydrogens (tertiary/aromatic N) is 3. The van der Waals surface area contributed by atoms with Crippen LogP contribution in [-0.2, 0) is 10.1 Å². The molecule has 0 aliphatic heterocycles. The van der Waals surface area contributed by atoms with Crippen LogP contribution in [0.3, 0.4) is 0 Å². The van der Waals surface area contributed by atoms with E-state index in [-0.39, 0.29) is 5.12 Å². The maximum Gasteiger partial charge on any atom is 0.294 e. The van der Waals surface area contributed by atoms with E-state index in [1.54, 1.807) is 0 Å². The number of rotatable bonds is 4. The first-order valence-electron chi connectivity index (χ1n) is 3.90. The van der Waals surface area contributed by atoms with Crippen LogP contribution in [0.15, 0.2) is 29.2 Å². The topological polar surface area (TPSA) is 144 Å². The van der Waals surface area contributed by atoms with Crippen molar-refractivity contribution in [2.45, 2.75) is 4.90 Å². The second kappa shape index (κ2) is 4.31. The highest BCUT2D eigenvalue weighted by Crippen LogP contribution is 2.17. The van der Waals surface area contributed by atoms with Gasteiger partial charge in [0, 0.05) is 0 Å². The smallest absolute Gasteiger partial charge is 0.282 e. The summed E-state index contributed by atoms with van der Waals surface area (Å²) >= 11 is 0. The van der Waals surface area contributed by atoms with E-state index in [9.17, 15) is 28.6 Å². The van der Waals surface area contributed by atoms with Gasteiger partial charge in [-0.3, -0.25) is 4.55 Å². The van der Waals surface area contributed by atoms with E-state index >= 15 is 0 Å². The van der Waals surface area contributed by atoms with Crippen LogP contribution in [-0.4, -0.2) is 23.0 Å². The van der Waals surface area contributed by atoms with Crippen LogP contribution in [0.2, 0.25) is 0 Å². The molecule has 0 saturated heterocycles. The predicted octanol–water partition coefficient (Wildman–Crippen LogP) is 0.123.